The Balaban J connectivity index is 1.60. The molecule has 0 aliphatic heterocycles. The van der Waals surface area contributed by atoms with Crippen LogP contribution in [0.3, 0.4) is 0 Å². The molecule has 0 spiro atoms. The van der Waals surface area contributed by atoms with E-state index in [2.05, 4.69) is 15.4 Å². The maximum Gasteiger partial charge on any atom is 0.268 e. The van der Waals surface area contributed by atoms with Crippen LogP contribution in [0.1, 0.15) is 40.6 Å². The number of benzene rings is 1. The molecule has 4 rings (SSSR count). The van der Waals surface area contributed by atoms with E-state index in [9.17, 15) is 4.79 Å². The number of amides is 1. The standard InChI is InChI=1S/C17H18N4O/c1-21-16-8-4-7-14(12(16)10-18-21)20-17(22)15-9-11-5-2-3-6-13(11)19-15/h2-3,5-6,9-10,14,19H,4,7-8H2,1H3,(H,20,22)/t14-/m0/s1. The lowest BCUT2D eigenvalue weighted by atomic mass is 9.93. The minimum Gasteiger partial charge on any atom is -0.351 e. The first-order valence-corrected chi connectivity index (χ1v) is 7.62. The Bertz CT molecular complexity index is 812. The summed E-state index contributed by atoms with van der Waals surface area (Å²) in [5, 5.41) is 8.52. The predicted octanol–water partition coefficient (Wildman–Crippen LogP) is 2.71. The summed E-state index contributed by atoms with van der Waals surface area (Å²) in [4.78, 5) is 15.7. The zero-order chi connectivity index (χ0) is 15.1. The second-order valence-electron chi connectivity index (χ2n) is 5.86. The lowest BCUT2D eigenvalue weighted by Crippen LogP contribution is -2.31. The number of para-hydroxylation sites is 1. The van der Waals surface area contributed by atoms with Gasteiger partial charge in [-0.2, -0.15) is 5.10 Å². The molecule has 2 N–H and O–H groups in total. The normalized spacial score (nSPS) is 17.4. The number of nitrogens with zero attached hydrogens (tertiary/aromatic N) is 2. The number of hydrogen-bond acceptors (Lipinski definition) is 2. The van der Waals surface area contributed by atoms with Gasteiger partial charge in [0.05, 0.1) is 12.2 Å². The number of aromatic nitrogens is 3. The van der Waals surface area contributed by atoms with E-state index in [-0.39, 0.29) is 11.9 Å². The molecule has 22 heavy (non-hydrogen) atoms. The van der Waals surface area contributed by atoms with Gasteiger partial charge in [0, 0.05) is 29.2 Å². The number of hydrogen-bond donors (Lipinski definition) is 2. The first kappa shape index (κ1) is 13.1. The van der Waals surface area contributed by atoms with Crippen LogP contribution in [0, 0.1) is 0 Å². The van der Waals surface area contributed by atoms with Gasteiger partial charge >= 0.3 is 0 Å². The lowest BCUT2D eigenvalue weighted by molar-refractivity contribution is 0.0928. The van der Waals surface area contributed by atoms with Crippen LogP contribution in [0.4, 0.5) is 0 Å². The van der Waals surface area contributed by atoms with Crippen LogP contribution in [-0.2, 0) is 13.5 Å². The SMILES string of the molecule is Cn1ncc2c1CCC[C@@H]2NC(=O)c1cc2ccccc2[nH]1. The minimum absolute atomic E-state index is 0.0522. The van der Waals surface area contributed by atoms with Crippen molar-refractivity contribution >= 4 is 16.8 Å². The van der Waals surface area contributed by atoms with Gasteiger partial charge in [-0.3, -0.25) is 9.48 Å². The van der Waals surface area contributed by atoms with E-state index in [4.69, 9.17) is 0 Å². The molecular formula is C17H18N4O. The second-order valence-corrected chi connectivity index (χ2v) is 5.86. The van der Waals surface area contributed by atoms with Gasteiger partial charge in [0.25, 0.3) is 5.91 Å². The molecule has 1 aliphatic rings. The molecule has 2 heterocycles. The van der Waals surface area contributed by atoms with Gasteiger partial charge in [0.15, 0.2) is 0 Å². The van der Waals surface area contributed by atoms with Crippen molar-refractivity contribution in [1.82, 2.24) is 20.1 Å². The maximum atomic E-state index is 12.5. The Labute approximate surface area is 128 Å². The zero-order valence-corrected chi connectivity index (χ0v) is 12.5. The summed E-state index contributed by atoms with van der Waals surface area (Å²) in [6, 6.07) is 9.87. The fourth-order valence-electron chi connectivity index (χ4n) is 3.29. The molecule has 1 amide bonds. The Morgan fingerprint density at radius 3 is 3.14 bits per heavy atom. The van der Waals surface area contributed by atoms with Crippen LogP contribution in [-0.4, -0.2) is 20.7 Å². The van der Waals surface area contributed by atoms with Gasteiger partial charge < -0.3 is 10.3 Å². The molecule has 0 radical (unpaired) electrons. The van der Waals surface area contributed by atoms with Gasteiger partial charge in [-0.1, -0.05) is 18.2 Å². The third kappa shape index (κ3) is 2.09. The van der Waals surface area contributed by atoms with Crippen LogP contribution in [0.2, 0.25) is 0 Å². The number of aryl methyl sites for hydroxylation is 1. The molecule has 0 saturated heterocycles. The Morgan fingerprint density at radius 2 is 2.27 bits per heavy atom. The van der Waals surface area contributed by atoms with E-state index < -0.39 is 0 Å². The highest BCUT2D eigenvalue weighted by Crippen LogP contribution is 2.29. The number of rotatable bonds is 2. The lowest BCUT2D eigenvalue weighted by Gasteiger charge is -2.23. The predicted molar refractivity (Wildman–Crippen MR) is 84.7 cm³/mol. The van der Waals surface area contributed by atoms with Crippen molar-refractivity contribution in [3.05, 3.63) is 53.5 Å². The summed E-state index contributed by atoms with van der Waals surface area (Å²) in [5.41, 5.74) is 3.97. The first-order valence-electron chi connectivity index (χ1n) is 7.62. The number of aromatic amines is 1. The highest BCUT2D eigenvalue weighted by molar-refractivity contribution is 5.98. The summed E-state index contributed by atoms with van der Waals surface area (Å²) in [7, 11) is 1.96. The number of nitrogens with one attached hydrogen (secondary N) is 2. The quantitative estimate of drug-likeness (QED) is 0.763. The molecule has 1 atom stereocenters. The van der Waals surface area contributed by atoms with Crippen LogP contribution in [0.15, 0.2) is 36.5 Å². The average Bonchev–Trinajstić information content (AvgIpc) is 3.12. The second kappa shape index (κ2) is 5.02. The molecule has 3 aromatic rings. The summed E-state index contributed by atoms with van der Waals surface area (Å²) in [6.07, 6.45) is 4.95. The molecule has 112 valence electrons. The van der Waals surface area contributed by atoms with Crippen molar-refractivity contribution in [1.29, 1.82) is 0 Å². The highest BCUT2D eigenvalue weighted by atomic mass is 16.1. The van der Waals surface area contributed by atoms with E-state index in [1.807, 2.05) is 48.3 Å². The third-order valence-electron chi connectivity index (χ3n) is 4.46. The topological polar surface area (TPSA) is 62.7 Å². The Kier molecular flexibility index (Phi) is 2.99. The Morgan fingerprint density at radius 1 is 1.41 bits per heavy atom. The van der Waals surface area contributed by atoms with Gasteiger partial charge in [0.1, 0.15) is 5.69 Å². The molecule has 1 aliphatic carbocycles. The van der Waals surface area contributed by atoms with Crippen LogP contribution >= 0.6 is 0 Å². The summed E-state index contributed by atoms with van der Waals surface area (Å²) in [5.74, 6) is -0.0575. The zero-order valence-electron chi connectivity index (χ0n) is 12.5. The van der Waals surface area contributed by atoms with Crippen LogP contribution in [0.25, 0.3) is 10.9 Å². The van der Waals surface area contributed by atoms with E-state index in [1.54, 1.807) is 0 Å². The number of H-pyrrole nitrogens is 1. The van der Waals surface area contributed by atoms with E-state index in [0.717, 1.165) is 35.7 Å². The van der Waals surface area contributed by atoms with Crippen molar-refractivity contribution in [3.8, 4) is 0 Å². The summed E-state index contributed by atoms with van der Waals surface area (Å²) in [6.45, 7) is 0. The minimum atomic E-state index is -0.0575. The van der Waals surface area contributed by atoms with Crippen molar-refractivity contribution < 1.29 is 4.79 Å². The third-order valence-corrected chi connectivity index (χ3v) is 4.46. The molecule has 0 saturated carbocycles. The van der Waals surface area contributed by atoms with Gasteiger partial charge in [-0.15, -0.1) is 0 Å². The molecule has 0 fully saturated rings. The monoisotopic (exact) mass is 294 g/mol. The smallest absolute Gasteiger partial charge is 0.268 e. The first-order chi connectivity index (χ1) is 10.7. The average molecular weight is 294 g/mol. The van der Waals surface area contributed by atoms with E-state index in [1.165, 1.54) is 5.69 Å². The molecule has 0 bridgehead atoms. The van der Waals surface area contributed by atoms with Crippen LogP contribution in [0.5, 0.6) is 0 Å². The molecule has 5 nitrogen and oxygen atoms in total. The van der Waals surface area contributed by atoms with Crippen molar-refractivity contribution in [2.24, 2.45) is 7.05 Å². The van der Waals surface area contributed by atoms with E-state index >= 15 is 0 Å². The summed E-state index contributed by atoms with van der Waals surface area (Å²) < 4.78 is 1.91. The molecule has 5 heteroatoms. The number of fused-ring (bicyclic) bond motifs is 2. The fraction of sp³-hybridized carbons (Fsp3) is 0.294. The molecule has 0 unspecified atom stereocenters. The molecular weight excluding hydrogens is 276 g/mol. The van der Waals surface area contributed by atoms with Gasteiger partial charge in [-0.25, -0.2) is 0 Å². The van der Waals surface area contributed by atoms with Crippen molar-refractivity contribution in [2.45, 2.75) is 25.3 Å². The molecule has 2 aromatic heterocycles. The number of carbonyl (C=O) groups excluding carboxylic acids is 1. The number of carbonyl (C=O) groups is 1. The highest BCUT2D eigenvalue weighted by Gasteiger charge is 2.25. The van der Waals surface area contributed by atoms with Crippen molar-refractivity contribution in [3.63, 3.8) is 0 Å². The van der Waals surface area contributed by atoms with Gasteiger partial charge in [0.2, 0.25) is 0 Å². The largest absolute Gasteiger partial charge is 0.351 e. The maximum absolute atomic E-state index is 12.5. The van der Waals surface area contributed by atoms with Crippen molar-refractivity contribution in [2.75, 3.05) is 0 Å². The van der Waals surface area contributed by atoms with Gasteiger partial charge in [-0.05, 0) is 31.4 Å². The Hall–Kier alpha value is -2.56. The van der Waals surface area contributed by atoms with E-state index in [0.29, 0.717) is 5.69 Å². The van der Waals surface area contributed by atoms with Crippen LogP contribution < -0.4 is 5.32 Å². The fourth-order valence-corrected chi connectivity index (χ4v) is 3.29. The summed E-state index contributed by atoms with van der Waals surface area (Å²) >= 11 is 0. The molecule has 1 aromatic carbocycles.